The molecule has 0 aliphatic carbocycles. The molecule has 0 aliphatic heterocycles. The molecule has 0 heterocycles. The van der Waals surface area contributed by atoms with Crippen molar-refractivity contribution in [3.63, 3.8) is 0 Å². The van der Waals surface area contributed by atoms with Crippen molar-refractivity contribution in [3.05, 3.63) is 12.2 Å². The smallest absolute Gasteiger partial charge is 0.0174 e. The van der Waals surface area contributed by atoms with E-state index in [1.54, 1.807) is 12.2 Å². The fourth-order valence-electron chi connectivity index (χ4n) is 0.129. The van der Waals surface area contributed by atoms with Gasteiger partial charge in [0.05, 0.1) is 0 Å². The van der Waals surface area contributed by atoms with Crippen LogP contribution in [0.25, 0.3) is 0 Å². The maximum Gasteiger partial charge on any atom is 0.0174 e. The molecule has 6 heavy (non-hydrogen) atoms. The SMILES string of the molecule is N=C/C=C\CS. The van der Waals surface area contributed by atoms with Gasteiger partial charge in [0.25, 0.3) is 0 Å². The molecule has 0 amide bonds. The van der Waals surface area contributed by atoms with Gasteiger partial charge in [0.2, 0.25) is 0 Å². The van der Waals surface area contributed by atoms with Gasteiger partial charge in [-0.1, -0.05) is 6.08 Å². The highest BCUT2D eigenvalue weighted by atomic mass is 32.1. The molecule has 0 aromatic rings. The summed E-state index contributed by atoms with van der Waals surface area (Å²) in [5, 5.41) is 6.46. The molecule has 0 saturated carbocycles. The first-order valence-electron chi connectivity index (χ1n) is 1.68. The molecule has 1 nitrogen and oxygen atoms in total. The first-order valence-corrected chi connectivity index (χ1v) is 2.31. The summed E-state index contributed by atoms with van der Waals surface area (Å²) >= 11 is 3.86. The summed E-state index contributed by atoms with van der Waals surface area (Å²) in [7, 11) is 0. The van der Waals surface area contributed by atoms with Gasteiger partial charge < -0.3 is 5.41 Å². The zero-order valence-corrected chi connectivity index (χ0v) is 4.28. The summed E-state index contributed by atoms with van der Waals surface area (Å²) in [4.78, 5) is 0. The van der Waals surface area contributed by atoms with Gasteiger partial charge in [-0.25, -0.2) is 0 Å². The van der Waals surface area contributed by atoms with Crippen molar-refractivity contribution >= 4 is 18.8 Å². The third-order valence-electron chi connectivity index (χ3n) is 0.338. The molecule has 0 spiro atoms. The van der Waals surface area contributed by atoms with Crippen LogP contribution in [0.5, 0.6) is 0 Å². The fourth-order valence-corrected chi connectivity index (χ4v) is 0.251. The summed E-state index contributed by atoms with van der Waals surface area (Å²) in [5.74, 6) is 0.718. The Morgan fingerprint density at radius 1 is 1.67 bits per heavy atom. The average molecular weight is 101 g/mol. The monoisotopic (exact) mass is 101 g/mol. The lowest BCUT2D eigenvalue weighted by Gasteiger charge is -1.66. The van der Waals surface area contributed by atoms with Gasteiger partial charge in [0.15, 0.2) is 0 Å². The van der Waals surface area contributed by atoms with Crippen LogP contribution in [-0.4, -0.2) is 12.0 Å². The van der Waals surface area contributed by atoms with Gasteiger partial charge in [-0.15, -0.1) is 0 Å². The lowest BCUT2D eigenvalue weighted by atomic mass is 10.6. The lowest BCUT2D eigenvalue weighted by Crippen LogP contribution is -1.58. The van der Waals surface area contributed by atoms with Crippen LogP contribution < -0.4 is 0 Å². The molecule has 1 N–H and O–H groups in total. The van der Waals surface area contributed by atoms with Crippen LogP contribution in [0.15, 0.2) is 12.2 Å². The minimum atomic E-state index is 0.718. The van der Waals surface area contributed by atoms with Crippen LogP contribution in [0.3, 0.4) is 0 Å². The first-order chi connectivity index (χ1) is 2.91. The van der Waals surface area contributed by atoms with E-state index >= 15 is 0 Å². The molecular weight excluding hydrogens is 94.1 g/mol. The topological polar surface area (TPSA) is 23.9 Å². The van der Waals surface area contributed by atoms with Crippen molar-refractivity contribution in [2.75, 3.05) is 5.75 Å². The Morgan fingerprint density at radius 3 is 2.50 bits per heavy atom. The Labute approximate surface area is 43.0 Å². The highest BCUT2D eigenvalue weighted by Crippen LogP contribution is 1.71. The Hall–Kier alpha value is -0.240. The third kappa shape index (κ3) is 3.76. The number of thiol groups is 1. The second kappa shape index (κ2) is 4.76. The van der Waals surface area contributed by atoms with E-state index in [4.69, 9.17) is 5.41 Å². The zero-order valence-electron chi connectivity index (χ0n) is 3.39. The highest BCUT2D eigenvalue weighted by Gasteiger charge is 1.56. The second-order valence-electron chi connectivity index (χ2n) is 0.777. The van der Waals surface area contributed by atoms with Crippen LogP contribution in [0.2, 0.25) is 0 Å². The molecule has 2 heteroatoms. The number of hydrogen-bond donors (Lipinski definition) is 2. The van der Waals surface area contributed by atoms with Crippen molar-refractivity contribution in [3.8, 4) is 0 Å². The molecule has 0 saturated heterocycles. The molecule has 0 bridgehead atoms. The van der Waals surface area contributed by atoms with Gasteiger partial charge in [-0.2, -0.15) is 12.6 Å². The van der Waals surface area contributed by atoms with Gasteiger partial charge >= 0.3 is 0 Å². The second-order valence-corrected chi connectivity index (χ2v) is 1.14. The average Bonchev–Trinajstić information content (AvgIpc) is 1.61. The lowest BCUT2D eigenvalue weighted by molar-refractivity contribution is 1.57. The summed E-state index contributed by atoms with van der Waals surface area (Å²) in [6.45, 7) is 0. The minimum Gasteiger partial charge on any atom is -0.309 e. The quantitative estimate of drug-likeness (QED) is 0.385. The Kier molecular flexibility index (Phi) is 4.57. The molecule has 0 aromatic heterocycles. The van der Waals surface area contributed by atoms with Gasteiger partial charge in [0, 0.05) is 12.0 Å². The zero-order chi connectivity index (χ0) is 4.83. The van der Waals surface area contributed by atoms with Gasteiger partial charge in [-0.05, 0) is 6.08 Å². The normalized spacial score (nSPS) is 9.50. The maximum absolute atomic E-state index is 6.46. The Balaban J connectivity index is 2.94. The number of hydrogen-bond acceptors (Lipinski definition) is 2. The molecule has 0 aromatic carbocycles. The molecule has 34 valence electrons. The van der Waals surface area contributed by atoms with Crippen molar-refractivity contribution in [2.45, 2.75) is 0 Å². The summed E-state index contributed by atoms with van der Waals surface area (Å²) in [6, 6.07) is 0. The molecule has 0 radical (unpaired) electrons. The van der Waals surface area contributed by atoms with Crippen LogP contribution in [0.1, 0.15) is 0 Å². The Bertz CT molecular complexity index is 58.6. The van der Waals surface area contributed by atoms with E-state index in [0.29, 0.717) is 0 Å². The van der Waals surface area contributed by atoms with Crippen molar-refractivity contribution < 1.29 is 0 Å². The molecule has 0 unspecified atom stereocenters. The molecule has 0 aliphatic rings. The van der Waals surface area contributed by atoms with Crippen LogP contribution >= 0.6 is 12.6 Å². The van der Waals surface area contributed by atoms with Crippen LogP contribution in [-0.2, 0) is 0 Å². The van der Waals surface area contributed by atoms with E-state index in [-0.39, 0.29) is 0 Å². The standard InChI is InChI=1S/C4H7NS/c5-3-1-2-4-6/h1-3,5-6H,4H2/b2-1-,5-3?. The van der Waals surface area contributed by atoms with E-state index < -0.39 is 0 Å². The predicted molar refractivity (Wildman–Crippen MR) is 31.8 cm³/mol. The number of allylic oxidation sites excluding steroid dienone is 1. The van der Waals surface area contributed by atoms with Crippen molar-refractivity contribution in [1.82, 2.24) is 0 Å². The summed E-state index contributed by atoms with van der Waals surface area (Å²) in [6.07, 6.45) is 4.68. The molecule has 0 rings (SSSR count). The van der Waals surface area contributed by atoms with Crippen molar-refractivity contribution in [1.29, 1.82) is 5.41 Å². The van der Waals surface area contributed by atoms with E-state index in [1.165, 1.54) is 6.21 Å². The number of rotatable bonds is 2. The van der Waals surface area contributed by atoms with E-state index in [1.807, 2.05) is 0 Å². The van der Waals surface area contributed by atoms with E-state index in [9.17, 15) is 0 Å². The minimum absolute atomic E-state index is 0.718. The largest absolute Gasteiger partial charge is 0.309 e. The van der Waals surface area contributed by atoms with Gasteiger partial charge in [-0.3, -0.25) is 0 Å². The van der Waals surface area contributed by atoms with Crippen LogP contribution in [0, 0.1) is 5.41 Å². The maximum atomic E-state index is 6.46. The van der Waals surface area contributed by atoms with E-state index in [0.717, 1.165) is 5.75 Å². The molecular formula is C4H7NS. The van der Waals surface area contributed by atoms with Crippen LogP contribution in [0.4, 0.5) is 0 Å². The summed E-state index contributed by atoms with van der Waals surface area (Å²) in [5.41, 5.74) is 0. The van der Waals surface area contributed by atoms with Crippen molar-refractivity contribution in [2.24, 2.45) is 0 Å². The third-order valence-corrected chi connectivity index (χ3v) is 0.549. The molecule has 0 fully saturated rings. The summed E-state index contributed by atoms with van der Waals surface area (Å²) < 4.78 is 0. The number of nitrogens with one attached hydrogen (secondary N) is 1. The van der Waals surface area contributed by atoms with E-state index in [2.05, 4.69) is 12.6 Å². The fraction of sp³-hybridized carbons (Fsp3) is 0.250. The molecule has 0 atom stereocenters. The Morgan fingerprint density at radius 2 is 2.33 bits per heavy atom. The highest BCUT2D eigenvalue weighted by molar-refractivity contribution is 7.80. The first kappa shape index (κ1) is 5.76. The predicted octanol–water partition coefficient (Wildman–Crippen LogP) is 1.12. The van der Waals surface area contributed by atoms with Gasteiger partial charge in [0.1, 0.15) is 0 Å².